The molecule has 0 bridgehead atoms. The molecule has 0 amide bonds. The summed E-state index contributed by atoms with van der Waals surface area (Å²) in [6, 6.07) is 19.9. The van der Waals surface area contributed by atoms with Gasteiger partial charge in [-0.05, 0) is 37.1 Å². The van der Waals surface area contributed by atoms with E-state index >= 15 is 0 Å². The molecule has 0 spiro atoms. The average Bonchev–Trinajstić information content (AvgIpc) is 3.19. The van der Waals surface area contributed by atoms with Gasteiger partial charge in [-0.15, -0.1) is 0 Å². The van der Waals surface area contributed by atoms with Gasteiger partial charge in [0.05, 0.1) is 29.7 Å². The summed E-state index contributed by atoms with van der Waals surface area (Å²) in [7, 11) is 1.71. The number of aryl methyl sites for hydroxylation is 1. The molecule has 0 fully saturated rings. The third-order valence-electron chi connectivity index (χ3n) is 5.67. The van der Waals surface area contributed by atoms with Crippen molar-refractivity contribution in [3.63, 3.8) is 0 Å². The lowest BCUT2D eigenvalue weighted by molar-refractivity contribution is 0.0786. The maximum absolute atomic E-state index is 10.6. The van der Waals surface area contributed by atoms with Crippen LogP contribution in [0.25, 0.3) is 5.69 Å². The van der Waals surface area contributed by atoms with Gasteiger partial charge in [0.2, 0.25) is 5.88 Å². The summed E-state index contributed by atoms with van der Waals surface area (Å²) in [5.41, 5.74) is 3.00. The molecule has 6 nitrogen and oxygen atoms in total. The van der Waals surface area contributed by atoms with Gasteiger partial charge >= 0.3 is 0 Å². The van der Waals surface area contributed by atoms with Gasteiger partial charge in [0.1, 0.15) is 5.75 Å². The molecule has 0 aliphatic carbocycles. The average molecular weight is 452 g/mol. The van der Waals surface area contributed by atoms with Crippen molar-refractivity contribution in [1.82, 2.24) is 14.7 Å². The number of methoxy groups -OCH3 is 1. The van der Waals surface area contributed by atoms with Crippen LogP contribution in [0.5, 0.6) is 11.6 Å². The highest BCUT2D eigenvalue weighted by atomic mass is 16.5. The van der Waals surface area contributed by atoms with E-state index in [-0.39, 0.29) is 6.10 Å². The summed E-state index contributed by atoms with van der Waals surface area (Å²) < 4.78 is 13.7. The molecule has 0 unspecified atom stereocenters. The van der Waals surface area contributed by atoms with Gasteiger partial charge in [-0.2, -0.15) is 5.10 Å². The SMILES string of the molecule is CCCC[C@@H](O)CN(CCOC)Cc1c(CC)nn(-c2ccccc2)c1Oc1ccccc1. The van der Waals surface area contributed by atoms with E-state index in [1.165, 1.54) is 0 Å². The van der Waals surface area contributed by atoms with Crippen LogP contribution in [0.15, 0.2) is 60.7 Å². The van der Waals surface area contributed by atoms with Gasteiger partial charge in [-0.1, -0.05) is 63.1 Å². The highest BCUT2D eigenvalue weighted by Gasteiger charge is 2.23. The standard InChI is InChI=1S/C27H37N3O3/c1-4-6-15-23(31)20-29(18-19-32-3)21-25-26(5-2)28-30(22-13-9-7-10-14-22)27(25)33-24-16-11-8-12-17-24/h7-14,16-17,23,31H,4-6,15,18-21H2,1-3H3/t23-/m1/s1. The molecule has 0 aliphatic heterocycles. The van der Waals surface area contributed by atoms with Crippen LogP contribution in [0, 0.1) is 0 Å². The molecule has 0 aliphatic rings. The molecule has 1 atom stereocenters. The van der Waals surface area contributed by atoms with Crippen molar-refractivity contribution in [2.24, 2.45) is 0 Å². The third-order valence-corrected chi connectivity index (χ3v) is 5.67. The van der Waals surface area contributed by atoms with Crippen molar-refractivity contribution in [3.8, 4) is 17.3 Å². The number of ether oxygens (including phenoxy) is 2. The molecule has 33 heavy (non-hydrogen) atoms. The Morgan fingerprint density at radius 1 is 1.03 bits per heavy atom. The Morgan fingerprint density at radius 2 is 1.73 bits per heavy atom. The second kappa shape index (κ2) is 13.1. The predicted molar refractivity (Wildman–Crippen MR) is 132 cm³/mol. The fourth-order valence-corrected chi connectivity index (χ4v) is 3.88. The van der Waals surface area contributed by atoms with E-state index in [1.807, 2.05) is 65.3 Å². The topological polar surface area (TPSA) is 59.8 Å². The number of unbranched alkanes of at least 4 members (excludes halogenated alkanes) is 1. The van der Waals surface area contributed by atoms with Gasteiger partial charge < -0.3 is 14.6 Å². The van der Waals surface area contributed by atoms with Gasteiger partial charge in [0.15, 0.2) is 0 Å². The van der Waals surface area contributed by atoms with E-state index in [4.69, 9.17) is 14.6 Å². The van der Waals surface area contributed by atoms with Crippen LogP contribution in [0.3, 0.4) is 0 Å². The first kappa shape index (κ1) is 25.0. The molecule has 1 heterocycles. The third kappa shape index (κ3) is 7.16. The van der Waals surface area contributed by atoms with Crippen LogP contribution in [0.4, 0.5) is 0 Å². The first-order valence-electron chi connectivity index (χ1n) is 11.9. The maximum atomic E-state index is 10.6. The minimum absolute atomic E-state index is 0.366. The molecular weight excluding hydrogens is 414 g/mol. The van der Waals surface area contributed by atoms with Gasteiger partial charge in [-0.25, -0.2) is 4.68 Å². The molecule has 3 rings (SSSR count). The molecule has 1 N–H and O–H groups in total. The fraction of sp³-hybridized carbons (Fsp3) is 0.444. The minimum Gasteiger partial charge on any atom is -0.439 e. The van der Waals surface area contributed by atoms with Crippen molar-refractivity contribution in [2.75, 3.05) is 26.8 Å². The van der Waals surface area contributed by atoms with E-state index in [1.54, 1.807) is 7.11 Å². The number of rotatable bonds is 14. The molecule has 178 valence electrons. The predicted octanol–water partition coefficient (Wildman–Crippen LogP) is 5.23. The minimum atomic E-state index is -0.366. The first-order chi connectivity index (χ1) is 16.2. The summed E-state index contributed by atoms with van der Waals surface area (Å²) in [6.07, 6.45) is 3.32. The monoisotopic (exact) mass is 451 g/mol. The van der Waals surface area contributed by atoms with E-state index in [0.29, 0.717) is 19.7 Å². The number of benzene rings is 2. The van der Waals surface area contributed by atoms with E-state index in [0.717, 1.165) is 60.8 Å². The van der Waals surface area contributed by atoms with Crippen molar-refractivity contribution in [1.29, 1.82) is 0 Å². The van der Waals surface area contributed by atoms with Crippen LogP contribution >= 0.6 is 0 Å². The normalized spacial score (nSPS) is 12.3. The molecule has 0 radical (unpaired) electrons. The summed E-state index contributed by atoms with van der Waals surface area (Å²) in [4.78, 5) is 2.24. The Bertz CT molecular complexity index is 944. The lowest BCUT2D eigenvalue weighted by Crippen LogP contribution is -2.34. The Kier molecular flexibility index (Phi) is 9.94. The zero-order valence-electron chi connectivity index (χ0n) is 20.1. The molecule has 1 aromatic heterocycles. The second-order valence-corrected chi connectivity index (χ2v) is 8.27. The van der Waals surface area contributed by atoms with Crippen LogP contribution in [0.2, 0.25) is 0 Å². The molecule has 6 heteroatoms. The zero-order valence-corrected chi connectivity index (χ0v) is 20.1. The Labute approximate surface area is 197 Å². The quantitative estimate of drug-likeness (QED) is 0.364. The fourth-order valence-electron chi connectivity index (χ4n) is 3.88. The Morgan fingerprint density at radius 3 is 2.36 bits per heavy atom. The van der Waals surface area contributed by atoms with E-state index in [9.17, 15) is 5.11 Å². The number of aliphatic hydroxyl groups excluding tert-OH is 1. The summed E-state index contributed by atoms with van der Waals surface area (Å²) >= 11 is 0. The zero-order chi connectivity index (χ0) is 23.5. The van der Waals surface area contributed by atoms with Crippen molar-refractivity contribution in [2.45, 2.75) is 52.2 Å². The number of aromatic nitrogens is 2. The summed E-state index contributed by atoms with van der Waals surface area (Å²) in [6.45, 7) is 6.81. The van der Waals surface area contributed by atoms with Crippen molar-refractivity contribution in [3.05, 3.63) is 71.9 Å². The summed E-state index contributed by atoms with van der Waals surface area (Å²) in [5, 5.41) is 15.5. The van der Waals surface area contributed by atoms with Crippen LogP contribution in [-0.4, -0.2) is 52.7 Å². The van der Waals surface area contributed by atoms with Gasteiger partial charge in [-0.3, -0.25) is 4.90 Å². The van der Waals surface area contributed by atoms with Crippen molar-refractivity contribution >= 4 is 0 Å². The Balaban J connectivity index is 1.97. The number of hydrogen-bond acceptors (Lipinski definition) is 5. The summed E-state index contributed by atoms with van der Waals surface area (Å²) in [5.74, 6) is 1.49. The largest absolute Gasteiger partial charge is 0.439 e. The second-order valence-electron chi connectivity index (χ2n) is 8.27. The molecule has 3 aromatic rings. The number of aliphatic hydroxyl groups is 1. The van der Waals surface area contributed by atoms with Gasteiger partial charge in [0, 0.05) is 26.7 Å². The van der Waals surface area contributed by atoms with Crippen LogP contribution in [-0.2, 0) is 17.7 Å². The van der Waals surface area contributed by atoms with Gasteiger partial charge in [0.25, 0.3) is 0 Å². The van der Waals surface area contributed by atoms with Crippen LogP contribution in [0.1, 0.15) is 44.4 Å². The highest BCUT2D eigenvalue weighted by Crippen LogP contribution is 2.32. The molecule has 2 aromatic carbocycles. The number of para-hydroxylation sites is 2. The smallest absolute Gasteiger partial charge is 0.227 e. The highest BCUT2D eigenvalue weighted by molar-refractivity contribution is 5.43. The molecule has 0 saturated heterocycles. The lowest BCUT2D eigenvalue weighted by atomic mass is 10.1. The van der Waals surface area contributed by atoms with Crippen LogP contribution < -0.4 is 4.74 Å². The Hall–Kier alpha value is -2.67. The molecular formula is C27H37N3O3. The number of hydrogen-bond donors (Lipinski definition) is 1. The molecule has 0 saturated carbocycles. The van der Waals surface area contributed by atoms with E-state index < -0.39 is 0 Å². The van der Waals surface area contributed by atoms with Crippen molar-refractivity contribution < 1.29 is 14.6 Å². The number of nitrogens with zero attached hydrogens (tertiary/aromatic N) is 3. The first-order valence-corrected chi connectivity index (χ1v) is 11.9. The van der Waals surface area contributed by atoms with E-state index in [2.05, 4.69) is 18.7 Å². The lowest BCUT2D eigenvalue weighted by Gasteiger charge is -2.25. The maximum Gasteiger partial charge on any atom is 0.227 e.